The first-order valence-corrected chi connectivity index (χ1v) is 7.84. The van der Waals surface area contributed by atoms with Gasteiger partial charge in [-0.2, -0.15) is 0 Å². The summed E-state index contributed by atoms with van der Waals surface area (Å²) in [5, 5.41) is 2.57. The van der Waals surface area contributed by atoms with Gasteiger partial charge in [0.1, 0.15) is 11.9 Å². The molecule has 10 nitrogen and oxygen atoms in total. The van der Waals surface area contributed by atoms with E-state index in [9.17, 15) is 9.59 Å². The Balaban J connectivity index is 1.53. The van der Waals surface area contributed by atoms with Gasteiger partial charge in [0.25, 0.3) is 0 Å². The Morgan fingerprint density at radius 2 is 2.19 bits per heavy atom. The number of ether oxygens (including phenoxy) is 3. The number of hydrogen-bond donors (Lipinski definition) is 3. The number of anilines is 1. The first-order valence-electron chi connectivity index (χ1n) is 7.84. The van der Waals surface area contributed by atoms with Crippen molar-refractivity contribution in [3.8, 4) is 17.1 Å². The van der Waals surface area contributed by atoms with Crippen molar-refractivity contribution in [3.63, 3.8) is 0 Å². The molecule has 0 radical (unpaired) electrons. The van der Waals surface area contributed by atoms with Crippen LogP contribution in [0.4, 0.5) is 15.3 Å². The molecule has 3 N–H and O–H groups in total. The number of aromatic nitrogens is 1. The Morgan fingerprint density at radius 3 is 2.88 bits per heavy atom. The molecule has 1 aliphatic heterocycles. The third-order valence-electron chi connectivity index (χ3n) is 3.60. The minimum absolute atomic E-state index is 0.298. The molecule has 138 valence electrons. The SMILES string of the molecule is COc1cc(NC(=O)NNC(=O)OC2CCOC2)ccc1-c1cnco1. The Morgan fingerprint density at radius 1 is 1.31 bits per heavy atom. The molecule has 26 heavy (non-hydrogen) atoms. The zero-order chi connectivity index (χ0) is 18.4. The number of carbonyl (C=O) groups excluding carboxylic acids is 2. The molecule has 10 heteroatoms. The lowest BCUT2D eigenvalue weighted by molar-refractivity contribution is 0.0811. The molecule has 1 aromatic carbocycles. The zero-order valence-electron chi connectivity index (χ0n) is 14.0. The number of benzene rings is 1. The molecular formula is C16H18N4O6. The molecule has 1 fully saturated rings. The highest BCUT2D eigenvalue weighted by Gasteiger charge is 2.20. The summed E-state index contributed by atoms with van der Waals surface area (Å²) in [7, 11) is 1.50. The second-order valence-electron chi connectivity index (χ2n) is 5.38. The minimum atomic E-state index is -0.756. The highest BCUT2D eigenvalue weighted by atomic mass is 16.6. The molecule has 0 saturated carbocycles. The van der Waals surface area contributed by atoms with Crippen LogP contribution in [0.1, 0.15) is 6.42 Å². The summed E-state index contributed by atoms with van der Waals surface area (Å²) in [6, 6.07) is 4.36. The van der Waals surface area contributed by atoms with E-state index in [1.807, 2.05) is 0 Å². The summed E-state index contributed by atoms with van der Waals surface area (Å²) in [6.45, 7) is 0.911. The summed E-state index contributed by atoms with van der Waals surface area (Å²) in [5.74, 6) is 1.03. The van der Waals surface area contributed by atoms with E-state index in [4.69, 9.17) is 18.6 Å². The van der Waals surface area contributed by atoms with Crippen LogP contribution in [0.5, 0.6) is 5.75 Å². The Bertz CT molecular complexity index is 758. The standard InChI is InChI=1S/C16H18N4O6/c1-23-13-6-10(2-3-12(13)14-7-17-9-25-14)18-15(21)19-20-16(22)26-11-4-5-24-8-11/h2-3,6-7,9,11H,4-5,8H2,1H3,(H,20,22)(H2,18,19,21). The second-order valence-corrected chi connectivity index (χ2v) is 5.38. The van der Waals surface area contributed by atoms with Gasteiger partial charge in [-0.1, -0.05) is 0 Å². The average molecular weight is 362 g/mol. The number of methoxy groups -OCH3 is 1. The predicted octanol–water partition coefficient (Wildman–Crippen LogP) is 1.90. The van der Waals surface area contributed by atoms with E-state index in [1.54, 1.807) is 24.4 Å². The monoisotopic (exact) mass is 362 g/mol. The number of rotatable bonds is 4. The normalized spacial score (nSPS) is 16.0. The number of amides is 3. The van der Waals surface area contributed by atoms with Crippen molar-refractivity contribution in [2.24, 2.45) is 0 Å². The zero-order valence-corrected chi connectivity index (χ0v) is 14.0. The first-order chi connectivity index (χ1) is 12.7. The van der Waals surface area contributed by atoms with Crippen molar-refractivity contribution < 1.29 is 28.2 Å². The van der Waals surface area contributed by atoms with Gasteiger partial charge in [-0.25, -0.2) is 25.4 Å². The predicted molar refractivity (Wildman–Crippen MR) is 89.5 cm³/mol. The van der Waals surface area contributed by atoms with E-state index in [0.717, 1.165) is 0 Å². The number of oxazole rings is 1. The van der Waals surface area contributed by atoms with Crippen molar-refractivity contribution in [1.29, 1.82) is 0 Å². The van der Waals surface area contributed by atoms with Gasteiger partial charge in [-0.3, -0.25) is 0 Å². The summed E-state index contributed by atoms with van der Waals surface area (Å²) >= 11 is 0. The molecule has 0 bridgehead atoms. The van der Waals surface area contributed by atoms with Crippen LogP contribution in [-0.4, -0.2) is 43.5 Å². The van der Waals surface area contributed by atoms with Crippen molar-refractivity contribution >= 4 is 17.8 Å². The van der Waals surface area contributed by atoms with Crippen LogP contribution >= 0.6 is 0 Å². The number of urea groups is 1. The molecule has 1 aliphatic rings. The van der Waals surface area contributed by atoms with Gasteiger partial charge in [0, 0.05) is 18.2 Å². The van der Waals surface area contributed by atoms with Crippen LogP contribution in [0.15, 0.2) is 35.2 Å². The Kier molecular flexibility index (Phi) is 5.54. The Hall–Kier alpha value is -3.27. The fourth-order valence-corrected chi connectivity index (χ4v) is 2.38. The average Bonchev–Trinajstić information content (AvgIpc) is 3.33. The first kappa shape index (κ1) is 17.5. The van der Waals surface area contributed by atoms with Gasteiger partial charge in [-0.15, -0.1) is 0 Å². The highest BCUT2D eigenvalue weighted by molar-refractivity contribution is 5.91. The molecule has 2 heterocycles. The van der Waals surface area contributed by atoms with Gasteiger partial charge < -0.3 is 23.9 Å². The highest BCUT2D eigenvalue weighted by Crippen LogP contribution is 2.32. The number of nitrogens with zero attached hydrogens (tertiary/aromatic N) is 1. The van der Waals surface area contributed by atoms with Crippen molar-refractivity contribution in [2.75, 3.05) is 25.6 Å². The largest absolute Gasteiger partial charge is 0.496 e. The van der Waals surface area contributed by atoms with Crippen LogP contribution < -0.4 is 20.9 Å². The number of carbonyl (C=O) groups is 2. The Labute approximate surface area is 148 Å². The van der Waals surface area contributed by atoms with E-state index in [2.05, 4.69) is 21.2 Å². The van der Waals surface area contributed by atoms with E-state index in [-0.39, 0.29) is 6.10 Å². The lowest BCUT2D eigenvalue weighted by Crippen LogP contribution is -2.45. The molecule has 0 spiro atoms. The molecular weight excluding hydrogens is 344 g/mol. The molecule has 3 rings (SSSR count). The van der Waals surface area contributed by atoms with Crippen LogP contribution in [-0.2, 0) is 9.47 Å². The third kappa shape index (κ3) is 4.42. The van der Waals surface area contributed by atoms with E-state index in [0.29, 0.717) is 42.4 Å². The summed E-state index contributed by atoms with van der Waals surface area (Å²) in [6.07, 6.45) is 2.46. The summed E-state index contributed by atoms with van der Waals surface area (Å²) < 4.78 is 20.7. The molecule has 0 aliphatic carbocycles. The van der Waals surface area contributed by atoms with Crippen LogP contribution in [0.3, 0.4) is 0 Å². The molecule has 2 aromatic rings. The topological polar surface area (TPSA) is 124 Å². The lowest BCUT2D eigenvalue weighted by Gasteiger charge is -2.13. The van der Waals surface area contributed by atoms with Crippen molar-refractivity contribution in [1.82, 2.24) is 15.8 Å². The van der Waals surface area contributed by atoms with Gasteiger partial charge in [0.15, 0.2) is 12.2 Å². The molecule has 1 aromatic heterocycles. The molecule has 1 unspecified atom stereocenters. The third-order valence-corrected chi connectivity index (χ3v) is 3.60. The van der Waals surface area contributed by atoms with E-state index < -0.39 is 12.1 Å². The van der Waals surface area contributed by atoms with Crippen LogP contribution in [0.2, 0.25) is 0 Å². The quantitative estimate of drug-likeness (QED) is 0.710. The van der Waals surface area contributed by atoms with Crippen LogP contribution in [0, 0.1) is 0 Å². The van der Waals surface area contributed by atoms with E-state index >= 15 is 0 Å². The maximum absolute atomic E-state index is 11.9. The van der Waals surface area contributed by atoms with Crippen LogP contribution in [0.25, 0.3) is 11.3 Å². The minimum Gasteiger partial charge on any atom is -0.496 e. The van der Waals surface area contributed by atoms with E-state index in [1.165, 1.54) is 13.5 Å². The van der Waals surface area contributed by atoms with Crippen molar-refractivity contribution in [2.45, 2.75) is 12.5 Å². The maximum atomic E-state index is 11.9. The number of nitrogens with one attached hydrogen (secondary N) is 3. The fraction of sp³-hybridized carbons (Fsp3) is 0.312. The molecule has 1 saturated heterocycles. The summed E-state index contributed by atoms with van der Waals surface area (Å²) in [4.78, 5) is 27.3. The maximum Gasteiger partial charge on any atom is 0.426 e. The van der Waals surface area contributed by atoms with Gasteiger partial charge >= 0.3 is 12.1 Å². The lowest BCUT2D eigenvalue weighted by atomic mass is 10.1. The fourth-order valence-electron chi connectivity index (χ4n) is 2.38. The second kappa shape index (κ2) is 8.21. The molecule has 3 amide bonds. The number of hydrazine groups is 1. The molecule has 1 atom stereocenters. The summed E-state index contributed by atoms with van der Waals surface area (Å²) in [5.41, 5.74) is 5.51. The van der Waals surface area contributed by atoms with Gasteiger partial charge in [-0.05, 0) is 12.1 Å². The smallest absolute Gasteiger partial charge is 0.426 e. The van der Waals surface area contributed by atoms with Gasteiger partial charge in [0.05, 0.1) is 32.1 Å². The van der Waals surface area contributed by atoms with Crippen molar-refractivity contribution in [3.05, 3.63) is 30.8 Å². The van der Waals surface area contributed by atoms with Gasteiger partial charge in [0.2, 0.25) is 0 Å². The number of hydrogen-bond acceptors (Lipinski definition) is 7.